The van der Waals surface area contributed by atoms with E-state index in [9.17, 15) is 0 Å². The standard InChI is InChI=1S/C10H13N3OS/c1-6-9(7(2)13(3)12-6)10-11-4-8(5-14)15-10/h4,14H,5H2,1-3H3. The highest BCUT2D eigenvalue weighted by Gasteiger charge is 2.14. The highest BCUT2D eigenvalue weighted by Crippen LogP contribution is 2.30. The van der Waals surface area contributed by atoms with Gasteiger partial charge in [0.05, 0.1) is 22.7 Å². The second kappa shape index (κ2) is 3.75. The lowest BCUT2D eigenvalue weighted by Crippen LogP contribution is -1.92. The fourth-order valence-corrected chi connectivity index (χ4v) is 2.50. The SMILES string of the molecule is Cc1nn(C)c(C)c1-c1ncc(CO)s1. The monoisotopic (exact) mass is 223 g/mol. The van der Waals surface area contributed by atoms with E-state index in [1.54, 1.807) is 6.20 Å². The average molecular weight is 223 g/mol. The lowest BCUT2D eigenvalue weighted by atomic mass is 10.2. The maximum absolute atomic E-state index is 8.99. The fourth-order valence-electron chi connectivity index (χ4n) is 1.58. The van der Waals surface area contributed by atoms with Crippen molar-refractivity contribution < 1.29 is 5.11 Å². The number of aliphatic hydroxyl groups is 1. The van der Waals surface area contributed by atoms with E-state index in [4.69, 9.17) is 5.11 Å². The summed E-state index contributed by atoms with van der Waals surface area (Å²) in [7, 11) is 1.92. The number of hydrogen-bond donors (Lipinski definition) is 1. The van der Waals surface area contributed by atoms with Gasteiger partial charge >= 0.3 is 0 Å². The van der Waals surface area contributed by atoms with Crippen LogP contribution < -0.4 is 0 Å². The Morgan fingerprint density at radius 2 is 2.20 bits per heavy atom. The van der Waals surface area contributed by atoms with E-state index in [0.29, 0.717) is 0 Å². The van der Waals surface area contributed by atoms with Crippen molar-refractivity contribution in [3.63, 3.8) is 0 Å². The number of rotatable bonds is 2. The summed E-state index contributed by atoms with van der Waals surface area (Å²) in [5.74, 6) is 0. The molecule has 0 radical (unpaired) electrons. The Morgan fingerprint density at radius 1 is 1.47 bits per heavy atom. The van der Waals surface area contributed by atoms with E-state index in [1.165, 1.54) is 11.3 Å². The molecular formula is C10H13N3OS. The largest absolute Gasteiger partial charge is 0.391 e. The zero-order valence-electron chi connectivity index (χ0n) is 8.98. The molecule has 0 atom stereocenters. The first kappa shape index (κ1) is 10.3. The van der Waals surface area contributed by atoms with Crippen LogP contribution in [0.1, 0.15) is 16.3 Å². The summed E-state index contributed by atoms with van der Waals surface area (Å²) in [5.41, 5.74) is 3.17. The third-order valence-electron chi connectivity index (χ3n) is 2.43. The van der Waals surface area contributed by atoms with Gasteiger partial charge < -0.3 is 5.11 Å². The van der Waals surface area contributed by atoms with Crippen LogP contribution in [0.3, 0.4) is 0 Å². The molecule has 0 aliphatic rings. The van der Waals surface area contributed by atoms with Gasteiger partial charge in [-0.15, -0.1) is 11.3 Å². The van der Waals surface area contributed by atoms with Gasteiger partial charge in [0, 0.05) is 18.9 Å². The van der Waals surface area contributed by atoms with Crippen molar-refractivity contribution in [3.8, 4) is 10.6 Å². The van der Waals surface area contributed by atoms with Crippen molar-refractivity contribution in [2.75, 3.05) is 0 Å². The van der Waals surface area contributed by atoms with Crippen LogP contribution >= 0.6 is 11.3 Å². The highest BCUT2D eigenvalue weighted by molar-refractivity contribution is 7.15. The van der Waals surface area contributed by atoms with Crippen LogP contribution in [0.25, 0.3) is 10.6 Å². The maximum atomic E-state index is 8.99. The summed E-state index contributed by atoms with van der Waals surface area (Å²) in [5, 5.41) is 14.3. The van der Waals surface area contributed by atoms with E-state index < -0.39 is 0 Å². The molecule has 0 spiro atoms. The van der Waals surface area contributed by atoms with Gasteiger partial charge in [-0.1, -0.05) is 0 Å². The van der Waals surface area contributed by atoms with Gasteiger partial charge in [-0.3, -0.25) is 4.68 Å². The third kappa shape index (κ3) is 1.68. The Morgan fingerprint density at radius 3 is 2.67 bits per heavy atom. The average Bonchev–Trinajstić information content (AvgIpc) is 2.74. The van der Waals surface area contributed by atoms with Crippen LogP contribution in [0, 0.1) is 13.8 Å². The van der Waals surface area contributed by atoms with Crippen molar-refractivity contribution in [1.29, 1.82) is 0 Å². The smallest absolute Gasteiger partial charge is 0.127 e. The van der Waals surface area contributed by atoms with Gasteiger partial charge in [-0.2, -0.15) is 5.10 Å². The van der Waals surface area contributed by atoms with Gasteiger partial charge in [0.1, 0.15) is 5.01 Å². The van der Waals surface area contributed by atoms with Crippen LogP contribution in [0.15, 0.2) is 6.20 Å². The molecule has 0 unspecified atom stereocenters. The molecule has 15 heavy (non-hydrogen) atoms. The Labute approximate surface area is 92.2 Å². The molecule has 0 bridgehead atoms. The van der Waals surface area contributed by atoms with Crippen molar-refractivity contribution in [3.05, 3.63) is 22.5 Å². The molecule has 5 heteroatoms. The third-order valence-corrected chi connectivity index (χ3v) is 3.43. The molecular weight excluding hydrogens is 210 g/mol. The Hall–Kier alpha value is -1.20. The number of aliphatic hydroxyl groups excluding tert-OH is 1. The molecule has 0 aliphatic heterocycles. The first-order chi connectivity index (χ1) is 7.13. The molecule has 2 heterocycles. The summed E-state index contributed by atoms with van der Waals surface area (Å²) in [6, 6.07) is 0. The van der Waals surface area contributed by atoms with Crippen molar-refractivity contribution in [2.45, 2.75) is 20.5 Å². The lowest BCUT2D eigenvalue weighted by molar-refractivity contribution is 0.285. The van der Waals surface area contributed by atoms with Crippen molar-refractivity contribution >= 4 is 11.3 Å². The Kier molecular flexibility index (Phi) is 2.58. The van der Waals surface area contributed by atoms with Crippen LogP contribution in [0.2, 0.25) is 0 Å². The molecule has 0 fully saturated rings. The molecule has 1 N–H and O–H groups in total. The molecule has 2 aromatic heterocycles. The van der Waals surface area contributed by atoms with Crippen molar-refractivity contribution in [2.24, 2.45) is 7.05 Å². The molecule has 0 aromatic carbocycles. The molecule has 0 amide bonds. The molecule has 2 aromatic rings. The van der Waals surface area contributed by atoms with Gasteiger partial charge in [0.25, 0.3) is 0 Å². The minimum Gasteiger partial charge on any atom is -0.391 e. The molecule has 80 valence electrons. The van der Waals surface area contributed by atoms with E-state index in [1.807, 2.05) is 25.6 Å². The van der Waals surface area contributed by atoms with Crippen LogP contribution in [-0.4, -0.2) is 19.9 Å². The molecule has 4 nitrogen and oxygen atoms in total. The maximum Gasteiger partial charge on any atom is 0.127 e. The highest BCUT2D eigenvalue weighted by atomic mass is 32.1. The number of aryl methyl sites for hydroxylation is 2. The van der Waals surface area contributed by atoms with E-state index >= 15 is 0 Å². The summed E-state index contributed by atoms with van der Waals surface area (Å²) in [6.07, 6.45) is 1.71. The van der Waals surface area contributed by atoms with Crippen LogP contribution in [-0.2, 0) is 13.7 Å². The topological polar surface area (TPSA) is 50.9 Å². The molecule has 2 rings (SSSR count). The van der Waals surface area contributed by atoms with Crippen molar-refractivity contribution in [1.82, 2.24) is 14.8 Å². The fraction of sp³-hybridized carbons (Fsp3) is 0.400. The first-order valence-corrected chi connectivity index (χ1v) is 5.51. The zero-order chi connectivity index (χ0) is 11.0. The van der Waals surface area contributed by atoms with Gasteiger partial charge in [-0.25, -0.2) is 4.98 Å². The molecule has 0 aliphatic carbocycles. The predicted octanol–water partition coefficient (Wildman–Crippen LogP) is 1.65. The van der Waals surface area contributed by atoms with Gasteiger partial charge in [0.2, 0.25) is 0 Å². The minimum atomic E-state index is 0.0516. The first-order valence-electron chi connectivity index (χ1n) is 4.69. The number of thiazole rings is 1. The van der Waals surface area contributed by atoms with Gasteiger partial charge in [-0.05, 0) is 13.8 Å². The Balaban J connectivity index is 2.53. The molecule has 0 saturated carbocycles. The second-order valence-corrected chi connectivity index (χ2v) is 4.57. The number of hydrogen-bond acceptors (Lipinski definition) is 4. The summed E-state index contributed by atoms with van der Waals surface area (Å²) >= 11 is 1.51. The minimum absolute atomic E-state index is 0.0516. The zero-order valence-corrected chi connectivity index (χ0v) is 9.80. The quantitative estimate of drug-likeness (QED) is 0.842. The van der Waals surface area contributed by atoms with E-state index in [2.05, 4.69) is 10.1 Å². The normalized spacial score (nSPS) is 10.9. The second-order valence-electron chi connectivity index (χ2n) is 3.46. The van der Waals surface area contributed by atoms with Crippen LogP contribution in [0.5, 0.6) is 0 Å². The van der Waals surface area contributed by atoms with E-state index in [-0.39, 0.29) is 6.61 Å². The predicted molar refractivity (Wildman–Crippen MR) is 59.7 cm³/mol. The van der Waals surface area contributed by atoms with Gasteiger partial charge in [0.15, 0.2) is 0 Å². The number of nitrogens with zero attached hydrogens (tertiary/aromatic N) is 3. The molecule has 0 saturated heterocycles. The summed E-state index contributed by atoms with van der Waals surface area (Å²) < 4.78 is 1.85. The summed E-state index contributed by atoms with van der Waals surface area (Å²) in [6.45, 7) is 4.05. The number of aromatic nitrogens is 3. The lowest BCUT2D eigenvalue weighted by Gasteiger charge is -1.96. The van der Waals surface area contributed by atoms with E-state index in [0.717, 1.165) is 26.8 Å². The van der Waals surface area contributed by atoms with Crippen LogP contribution in [0.4, 0.5) is 0 Å². The Bertz CT molecular complexity index is 487. The summed E-state index contributed by atoms with van der Waals surface area (Å²) in [4.78, 5) is 5.18.